The first-order chi connectivity index (χ1) is 19.0. The van der Waals surface area contributed by atoms with Gasteiger partial charge < -0.3 is 25.2 Å². The SMILES string of the molecule is CC(C)(C)OC(=O)NC1CCN(C(=O)CN2CCN(c3ccc(C(=O)NC4CCC(=O)NC4=O)cc3)CC2)CC1. The summed E-state index contributed by atoms with van der Waals surface area (Å²) in [7, 11) is 0. The average Bonchev–Trinajstić information content (AvgIpc) is 2.90. The van der Waals surface area contributed by atoms with Gasteiger partial charge in [-0.2, -0.15) is 0 Å². The first-order valence-electron chi connectivity index (χ1n) is 14.0. The van der Waals surface area contributed by atoms with Crippen LogP contribution in [0.25, 0.3) is 0 Å². The number of amides is 5. The van der Waals surface area contributed by atoms with Crippen LogP contribution in [0.15, 0.2) is 24.3 Å². The fourth-order valence-corrected chi connectivity index (χ4v) is 5.10. The van der Waals surface area contributed by atoms with E-state index >= 15 is 0 Å². The molecule has 0 aromatic heterocycles. The molecule has 1 unspecified atom stereocenters. The Kier molecular flexibility index (Phi) is 9.28. The van der Waals surface area contributed by atoms with Gasteiger partial charge in [0.15, 0.2) is 0 Å². The molecule has 3 saturated heterocycles. The first kappa shape index (κ1) is 29.3. The highest BCUT2D eigenvalue weighted by molar-refractivity contribution is 6.03. The van der Waals surface area contributed by atoms with Crippen LogP contribution in [0, 0.1) is 0 Å². The Morgan fingerprint density at radius 3 is 2.17 bits per heavy atom. The number of imide groups is 1. The van der Waals surface area contributed by atoms with E-state index in [1.54, 1.807) is 12.1 Å². The smallest absolute Gasteiger partial charge is 0.407 e. The number of likely N-dealkylation sites (tertiary alicyclic amines) is 1. The van der Waals surface area contributed by atoms with E-state index in [0.29, 0.717) is 44.5 Å². The van der Waals surface area contributed by atoms with E-state index in [1.807, 2.05) is 37.8 Å². The molecular formula is C28H40N6O6. The molecule has 0 bridgehead atoms. The summed E-state index contributed by atoms with van der Waals surface area (Å²) in [5.41, 5.74) is 0.898. The number of piperidine rings is 2. The number of hydrogen-bond acceptors (Lipinski definition) is 8. The lowest BCUT2D eigenvalue weighted by molar-refractivity contribution is -0.135. The monoisotopic (exact) mass is 556 g/mol. The highest BCUT2D eigenvalue weighted by Crippen LogP contribution is 2.19. The molecule has 12 nitrogen and oxygen atoms in total. The van der Waals surface area contributed by atoms with Crippen molar-refractivity contribution in [3.8, 4) is 0 Å². The van der Waals surface area contributed by atoms with Gasteiger partial charge in [0.05, 0.1) is 6.54 Å². The fourth-order valence-electron chi connectivity index (χ4n) is 5.10. The number of benzene rings is 1. The van der Waals surface area contributed by atoms with E-state index in [1.165, 1.54) is 0 Å². The Labute approximate surface area is 234 Å². The van der Waals surface area contributed by atoms with Crippen LogP contribution in [-0.2, 0) is 19.1 Å². The third-order valence-electron chi connectivity index (χ3n) is 7.34. The summed E-state index contributed by atoms with van der Waals surface area (Å²) >= 11 is 0. The zero-order valence-corrected chi connectivity index (χ0v) is 23.5. The molecule has 3 heterocycles. The van der Waals surface area contributed by atoms with Gasteiger partial charge in [0.1, 0.15) is 11.6 Å². The summed E-state index contributed by atoms with van der Waals surface area (Å²) in [6, 6.07) is 6.53. The lowest BCUT2D eigenvalue weighted by atomic mass is 10.1. The van der Waals surface area contributed by atoms with Crippen LogP contribution in [0.5, 0.6) is 0 Å². The number of nitrogens with one attached hydrogen (secondary N) is 3. The third kappa shape index (κ3) is 8.17. The van der Waals surface area contributed by atoms with Gasteiger partial charge in [-0.05, 0) is 64.3 Å². The molecule has 0 aliphatic carbocycles. The summed E-state index contributed by atoms with van der Waals surface area (Å²) in [4.78, 5) is 66.9. The summed E-state index contributed by atoms with van der Waals surface area (Å²) in [5.74, 6) is -1.04. The van der Waals surface area contributed by atoms with Gasteiger partial charge in [-0.3, -0.25) is 29.4 Å². The number of ether oxygens (including phenoxy) is 1. The van der Waals surface area contributed by atoms with Crippen molar-refractivity contribution in [1.82, 2.24) is 25.8 Å². The summed E-state index contributed by atoms with van der Waals surface area (Å²) in [6.45, 7) is 10.1. The molecule has 1 aromatic carbocycles. The van der Waals surface area contributed by atoms with Crippen molar-refractivity contribution >= 4 is 35.4 Å². The number of piperazine rings is 1. The molecule has 0 saturated carbocycles. The minimum absolute atomic E-state index is 0.0114. The molecule has 3 fully saturated rings. The lowest BCUT2D eigenvalue weighted by Crippen LogP contribution is -2.52. The van der Waals surface area contributed by atoms with Crippen LogP contribution in [0.1, 0.15) is 56.8 Å². The predicted molar refractivity (Wildman–Crippen MR) is 148 cm³/mol. The van der Waals surface area contributed by atoms with Gasteiger partial charge in [0, 0.05) is 63.0 Å². The highest BCUT2D eigenvalue weighted by Gasteiger charge is 2.29. The average molecular weight is 557 g/mol. The van der Waals surface area contributed by atoms with Gasteiger partial charge in [-0.15, -0.1) is 0 Å². The molecule has 1 aromatic rings. The molecule has 40 heavy (non-hydrogen) atoms. The van der Waals surface area contributed by atoms with E-state index in [-0.39, 0.29) is 30.2 Å². The van der Waals surface area contributed by atoms with E-state index in [4.69, 9.17) is 4.74 Å². The van der Waals surface area contributed by atoms with E-state index < -0.39 is 23.6 Å². The summed E-state index contributed by atoms with van der Waals surface area (Å²) in [5, 5.41) is 7.83. The highest BCUT2D eigenvalue weighted by atomic mass is 16.6. The zero-order chi connectivity index (χ0) is 28.9. The number of alkyl carbamates (subject to hydrolysis) is 1. The van der Waals surface area contributed by atoms with Gasteiger partial charge in [0.2, 0.25) is 17.7 Å². The summed E-state index contributed by atoms with van der Waals surface area (Å²) < 4.78 is 5.32. The van der Waals surface area contributed by atoms with Crippen molar-refractivity contribution in [2.24, 2.45) is 0 Å². The fraction of sp³-hybridized carbons (Fsp3) is 0.607. The van der Waals surface area contributed by atoms with E-state index in [2.05, 4.69) is 25.8 Å². The van der Waals surface area contributed by atoms with Crippen LogP contribution in [0.2, 0.25) is 0 Å². The number of carbonyl (C=O) groups excluding carboxylic acids is 5. The topological polar surface area (TPSA) is 140 Å². The van der Waals surface area contributed by atoms with Crippen LogP contribution in [0.3, 0.4) is 0 Å². The standard InChI is InChI=1S/C28H40N6O6/c1-28(2,3)40-27(39)29-20-10-12-34(13-11-20)24(36)18-32-14-16-33(17-15-32)21-6-4-19(5-7-21)25(37)30-22-8-9-23(35)31-26(22)38/h4-7,20,22H,8-18H2,1-3H3,(H,29,39)(H,30,37)(H,31,35,38). The molecule has 3 aliphatic rings. The molecular weight excluding hydrogens is 516 g/mol. The number of anilines is 1. The van der Waals surface area contributed by atoms with Gasteiger partial charge >= 0.3 is 6.09 Å². The second-order valence-corrected chi connectivity index (χ2v) is 11.6. The minimum Gasteiger partial charge on any atom is -0.444 e. The molecule has 4 rings (SSSR count). The molecule has 12 heteroatoms. The number of carbonyl (C=O) groups is 5. The van der Waals surface area contributed by atoms with Crippen LogP contribution >= 0.6 is 0 Å². The van der Waals surface area contributed by atoms with Gasteiger partial charge in [-0.25, -0.2) is 4.79 Å². The first-order valence-corrected chi connectivity index (χ1v) is 14.0. The van der Waals surface area contributed by atoms with Crippen molar-refractivity contribution in [2.45, 2.75) is 64.1 Å². The van der Waals surface area contributed by atoms with Crippen molar-refractivity contribution < 1.29 is 28.7 Å². The van der Waals surface area contributed by atoms with Gasteiger partial charge in [0.25, 0.3) is 5.91 Å². The molecule has 0 radical (unpaired) electrons. The number of hydrogen-bond donors (Lipinski definition) is 3. The van der Waals surface area contributed by atoms with Crippen molar-refractivity contribution in [1.29, 1.82) is 0 Å². The third-order valence-corrected chi connectivity index (χ3v) is 7.34. The van der Waals surface area contributed by atoms with E-state index in [0.717, 1.165) is 31.9 Å². The zero-order valence-electron chi connectivity index (χ0n) is 23.5. The van der Waals surface area contributed by atoms with Crippen LogP contribution in [0.4, 0.5) is 10.5 Å². The second-order valence-electron chi connectivity index (χ2n) is 11.6. The van der Waals surface area contributed by atoms with Crippen molar-refractivity contribution in [3.63, 3.8) is 0 Å². The lowest BCUT2D eigenvalue weighted by Gasteiger charge is -2.38. The molecule has 3 aliphatic heterocycles. The van der Waals surface area contributed by atoms with Crippen molar-refractivity contribution in [2.75, 3.05) is 50.7 Å². The Balaban J connectivity index is 1.17. The van der Waals surface area contributed by atoms with Crippen LogP contribution in [-0.4, -0.2) is 103 Å². The maximum atomic E-state index is 12.9. The molecule has 0 spiro atoms. The Morgan fingerprint density at radius 1 is 0.925 bits per heavy atom. The maximum absolute atomic E-state index is 12.9. The predicted octanol–water partition coefficient (Wildman–Crippen LogP) is 0.859. The molecule has 3 N–H and O–H groups in total. The molecule has 218 valence electrons. The number of rotatable bonds is 6. The molecule has 1 atom stereocenters. The number of nitrogens with zero attached hydrogens (tertiary/aromatic N) is 3. The summed E-state index contributed by atoms with van der Waals surface area (Å²) in [6.07, 6.45) is 1.50. The maximum Gasteiger partial charge on any atom is 0.407 e. The quantitative estimate of drug-likeness (QED) is 0.439. The van der Waals surface area contributed by atoms with Crippen molar-refractivity contribution in [3.05, 3.63) is 29.8 Å². The van der Waals surface area contributed by atoms with E-state index in [9.17, 15) is 24.0 Å². The van der Waals surface area contributed by atoms with Gasteiger partial charge in [-0.1, -0.05) is 0 Å². The normalized spacial score (nSPS) is 21.0. The largest absolute Gasteiger partial charge is 0.444 e. The Morgan fingerprint density at radius 2 is 1.57 bits per heavy atom. The second kappa shape index (κ2) is 12.7. The minimum atomic E-state index is -0.707. The Bertz CT molecular complexity index is 1100. The molecule has 5 amide bonds. The van der Waals surface area contributed by atoms with Crippen LogP contribution < -0.4 is 20.9 Å². The Hall–Kier alpha value is -3.67.